The van der Waals surface area contributed by atoms with Gasteiger partial charge in [-0.2, -0.15) is 0 Å². The summed E-state index contributed by atoms with van der Waals surface area (Å²) >= 11 is 12.0. The highest BCUT2D eigenvalue weighted by Crippen LogP contribution is 2.35. The maximum absolute atomic E-state index is 13.2. The number of hydrogen-bond acceptors (Lipinski definition) is 3. The molecule has 2 rings (SSSR count). The normalized spacial score (nSPS) is 20.1. The number of nitrogens with one attached hydrogen (secondary N) is 1. The van der Waals surface area contributed by atoms with Crippen LogP contribution in [0.2, 0.25) is 10.0 Å². The molecular weight excluding hydrogens is 304 g/mol. The number of ether oxygens (including phenoxy) is 2. The lowest BCUT2D eigenvalue weighted by Crippen LogP contribution is -2.33. The van der Waals surface area contributed by atoms with Crippen LogP contribution in [0.1, 0.15) is 13.3 Å². The topological polar surface area (TPSA) is 30.5 Å². The summed E-state index contributed by atoms with van der Waals surface area (Å²) in [6, 6.07) is 2.40. The smallest absolute Gasteiger partial charge is 0.157 e. The van der Waals surface area contributed by atoms with E-state index in [-0.39, 0.29) is 16.1 Å². The van der Waals surface area contributed by atoms with E-state index in [1.54, 1.807) is 0 Å². The van der Waals surface area contributed by atoms with E-state index >= 15 is 0 Å². The zero-order valence-corrected chi connectivity index (χ0v) is 12.8. The lowest BCUT2D eigenvalue weighted by Gasteiger charge is -2.25. The lowest BCUT2D eigenvalue weighted by molar-refractivity contribution is 0.0292. The minimum absolute atomic E-state index is 0.148. The Labute approximate surface area is 128 Å². The molecule has 20 heavy (non-hydrogen) atoms. The molecule has 1 N–H and O–H groups in total. The average molecular weight is 322 g/mol. The predicted octanol–water partition coefficient (Wildman–Crippen LogP) is 3.53. The van der Waals surface area contributed by atoms with Gasteiger partial charge in [-0.25, -0.2) is 4.39 Å². The fourth-order valence-electron chi connectivity index (χ4n) is 2.29. The van der Waals surface area contributed by atoms with Gasteiger partial charge in [-0.15, -0.1) is 0 Å². The fourth-order valence-corrected chi connectivity index (χ4v) is 2.84. The van der Waals surface area contributed by atoms with Crippen molar-refractivity contribution in [2.75, 3.05) is 26.3 Å². The molecule has 0 radical (unpaired) electrons. The first-order valence-electron chi connectivity index (χ1n) is 6.71. The van der Waals surface area contributed by atoms with E-state index in [1.807, 2.05) is 6.92 Å². The summed E-state index contributed by atoms with van der Waals surface area (Å²) in [6.45, 7) is 4.84. The Bertz CT molecular complexity index is 430. The maximum atomic E-state index is 13.2. The van der Waals surface area contributed by atoms with E-state index in [1.165, 1.54) is 12.1 Å². The third kappa shape index (κ3) is 3.98. The van der Waals surface area contributed by atoms with Crippen molar-refractivity contribution < 1.29 is 13.9 Å². The first-order valence-corrected chi connectivity index (χ1v) is 7.47. The standard InChI is InChI=1S/C14H18Cl2FNO2/c1-2-19-8-13(9-3-4-18-7-9)20-14-11(15)5-10(17)6-12(14)16/h5-6,9,13,18H,2-4,7-8H2,1H3/t9-,13-/m0/s1. The summed E-state index contributed by atoms with van der Waals surface area (Å²) < 4.78 is 24.6. The first-order chi connectivity index (χ1) is 9.61. The zero-order chi connectivity index (χ0) is 14.5. The summed E-state index contributed by atoms with van der Waals surface area (Å²) in [5.74, 6) is 0.182. The van der Waals surface area contributed by atoms with Crippen molar-refractivity contribution in [2.45, 2.75) is 19.4 Å². The Morgan fingerprint density at radius 2 is 2.10 bits per heavy atom. The summed E-state index contributed by atoms with van der Waals surface area (Å²) in [4.78, 5) is 0. The Kier molecular flexibility index (Phi) is 5.90. The molecule has 0 bridgehead atoms. The van der Waals surface area contributed by atoms with Crippen molar-refractivity contribution in [3.05, 3.63) is 28.0 Å². The van der Waals surface area contributed by atoms with Gasteiger partial charge in [-0.05, 0) is 32.0 Å². The van der Waals surface area contributed by atoms with E-state index in [9.17, 15) is 4.39 Å². The van der Waals surface area contributed by atoms with E-state index < -0.39 is 5.82 Å². The van der Waals surface area contributed by atoms with Gasteiger partial charge in [-0.3, -0.25) is 0 Å². The van der Waals surface area contributed by atoms with E-state index in [4.69, 9.17) is 32.7 Å². The van der Waals surface area contributed by atoms with Gasteiger partial charge in [0.05, 0.1) is 16.7 Å². The maximum Gasteiger partial charge on any atom is 0.157 e. The number of halogens is 3. The van der Waals surface area contributed by atoms with Crippen molar-refractivity contribution in [3.8, 4) is 5.75 Å². The molecule has 1 heterocycles. The molecule has 0 unspecified atom stereocenters. The monoisotopic (exact) mass is 321 g/mol. The molecule has 0 aromatic heterocycles. The van der Waals surface area contributed by atoms with Gasteiger partial charge < -0.3 is 14.8 Å². The van der Waals surface area contributed by atoms with Crippen molar-refractivity contribution >= 4 is 23.2 Å². The highest BCUT2D eigenvalue weighted by atomic mass is 35.5. The van der Waals surface area contributed by atoms with Crippen molar-refractivity contribution in [1.29, 1.82) is 0 Å². The highest BCUT2D eigenvalue weighted by molar-refractivity contribution is 6.37. The van der Waals surface area contributed by atoms with Crippen molar-refractivity contribution in [3.63, 3.8) is 0 Å². The molecule has 0 saturated carbocycles. The second-order valence-corrected chi connectivity index (χ2v) is 5.58. The molecule has 6 heteroatoms. The minimum atomic E-state index is -0.476. The van der Waals surface area contributed by atoms with Crippen LogP contribution in [0.25, 0.3) is 0 Å². The van der Waals surface area contributed by atoms with Crippen LogP contribution in [0.15, 0.2) is 12.1 Å². The van der Waals surface area contributed by atoms with Crippen LogP contribution >= 0.6 is 23.2 Å². The fraction of sp³-hybridized carbons (Fsp3) is 0.571. The largest absolute Gasteiger partial charge is 0.485 e. The van der Waals surface area contributed by atoms with E-state index in [0.717, 1.165) is 19.5 Å². The Morgan fingerprint density at radius 3 is 2.65 bits per heavy atom. The molecule has 112 valence electrons. The number of benzene rings is 1. The number of hydrogen-bond donors (Lipinski definition) is 1. The van der Waals surface area contributed by atoms with Gasteiger partial charge in [0.25, 0.3) is 0 Å². The number of rotatable bonds is 6. The lowest BCUT2D eigenvalue weighted by atomic mass is 10.0. The summed E-state index contributed by atoms with van der Waals surface area (Å²) in [5.41, 5.74) is 0. The SMILES string of the molecule is CCOC[C@H](Oc1c(Cl)cc(F)cc1Cl)[C@H]1CCNC1. The van der Waals surface area contributed by atoms with Crippen LogP contribution in [0.5, 0.6) is 5.75 Å². The van der Waals surface area contributed by atoms with Gasteiger partial charge in [0.15, 0.2) is 5.75 Å². The summed E-state index contributed by atoms with van der Waals surface area (Å²) in [6.07, 6.45) is 0.860. The van der Waals surface area contributed by atoms with Crippen LogP contribution in [0.4, 0.5) is 4.39 Å². The second-order valence-electron chi connectivity index (χ2n) is 4.77. The molecule has 1 aromatic carbocycles. The molecule has 0 amide bonds. The van der Waals surface area contributed by atoms with Gasteiger partial charge in [-0.1, -0.05) is 23.2 Å². The summed E-state index contributed by atoms with van der Waals surface area (Å²) in [5, 5.41) is 3.66. The Balaban J connectivity index is 2.14. The van der Waals surface area contributed by atoms with Crippen molar-refractivity contribution in [2.24, 2.45) is 5.92 Å². The van der Waals surface area contributed by atoms with Gasteiger partial charge in [0.1, 0.15) is 11.9 Å². The molecular formula is C14H18Cl2FNO2. The predicted molar refractivity (Wildman–Crippen MR) is 78.3 cm³/mol. The van der Waals surface area contributed by atoms with Crippen LogP contribution in [-0.2, 0) is 4.74 Å². The van der Waals surface area contributed by atoms with Gasteiger partial charge in [0.2, 0.25) is 0 Å². The van der Waals surface area contributed by atoms with Gasteiger partial charge in [0, 0.05) is 19.1 Å². The quantitative estimate of drug-likeness (QED) is 0.869. The molecule has 1 saturated heterocycles. The van der Waals surface area contributed by atoms with Crippen LogP contribution in [0.3, 0.4) is 0 Å². The molecule has 2 atom stereocenters. The summed E-state index contributed by atoms with van der Waals surface area (Å²) in [7, 11) is 0. The van der Waals surface area contributed by atoms with Crippen LogP contribution in [0, 0.1) is 11.7 Å². The molecule has 1 aliphatic rings. The highest BCUT2D eigenvalue weighted by Gasteiger charge is 2.28. The zero-order valence-electron chi connectivity index (χ0n) is 11.3. The Morgan fingerprint density at radius 1 is 1.40 bits per heavy atom. The van der Waals surface area contributed by atoms with Gasteiger partial charge >= 0.3 is 0 Å². The van der Waals surface area contributed by atoms with Crippen molar-refractivity contribution in [1.82, 2.24) is 5.32 Å². The first kappa shape index (κ1) is 15.8. The molecule has 3 nitrogen and oxygen atoms in total. The average Bonchev–Trinajstić information content (AvgIpc) is 2.91. The molecule has 0 spiro atoms. The second kappa shape index (κ2) is 7.46. The third-order valence-electron chi connectivity index (χ3n) is 3.34. The molecule has 0 aliphatic carbocycles. The molecule has 1 aromatic rings. The third-order valence-corrected chi connectivity index (χ3v) is 3.90. The molecule has 1 aliphatic heterocycles. The van der Waals surface area contributed by atoms with E-state index in [0.29, 0.717) is 24.9 Å². The molecule has 1 fully saturated rings. The van der Waals surface area contributed by atoms with E-state index in [2.05, 4.69) is 5.32 Å². The van der Waals surface area contributed by atoms with Crippen LogP contribution in [-0.4, -0.2) is 32.4 Å². The minimum Gasteiger partial charge on any atom is -0.485 e. The van der Waals surface area contributed by atoms with Crippen LogP contribution < -0.4 is 10.1 Å². The Hall–Kier alpha value is -0.550.